The second-order valence-electron chi connectivity index (χ2n) is 4.59. The van der Waals surface area contributed by atoms with Crippen molar-refractivity contribution in [1.82, 2.24) is 4.90 Å². The van der Waals surface area contributed by atoms with Crippen molar-refractivity contribution in [3.05, 3.63) is 0 Å². The zero-order valence-corrected chi connectivity index (χ0v) is 9.88. The second kappa shape index (κ2) is 5.06. The van der Waals surface area contributed by atoms with Crippen molar-refractivity contribution >= 4 is 11.7 Å². The van der Waals surface area contributed by atoms with Crippen LogP contribution in [0.4, 0.5) is 13.2 Å². The smallest absolute Gasteiger partial charge is 0.330 e. The average molecular weight is 251 g/mol. The van der Waals surface area contributed by atoms with E-state index in [-0.39, 0.29) is 5.92 Å². The Morgan fingerprint density at radius 3 is 2.24 bits per heavy atom. The first-order valence-corrected chi connectivity index (χ1v) is 5.56. The van der Waals surface area contributed by atoms with Crippen LogP contribution in [0.1, 0.15) is 33.1 Å². The Balaban J connectivity index is 2.70. The quantitative estimate of drug-likeness (QED) is 0.702. The van der Waals surface area contributed by atoms with Gasteiger partial charge in [-0.3, -0.25) is 9.59 Å². The Morgan fingerprint density at radius 1 is 1.35 bits per heavy atom. The number of carbonyl (C=O) groups is 2. The lowest BCUT2D eigenvalue weighted by atomic mass is 10.1. The zero-order chi connectivity index (χ0) is 13.2. The molecule has 6 heteroatoms. The van der Waals surface area contributed by atoms with Crippen LogP contribution in [0.2, 0.25) is 0 Å². The van der Waals surface area contributed by atoms with Gasteiger partial charge in [0.05, 0.1) is 6.42 Å². The highest BCUT2D eigenvalue weighted by Crippen LogP contribution is 2.36. The molecule has 17 heavy (non-hydrogen) atoms. The molecular weight excluding hydrogens is 235 g/mol. The van der Waals surface area contributed by atoms with Crippen LogP contribution >= 0.6 is 0 Å². The van der Waals surface area contributed by atoms with Crippen LogP contribution in [-0.2, 0) is 9.59 Å². The summed E-state index contributed by atoms with van der Waals surface area (Å²) in [5.41, 5.74) is 0. The highest BCUT2D eigenvalue weighted by Gasteiger charge is 2.40. The lowest BCUT2D eigenvalue weighted by Gasteiger charge is -2.30. The Hall–Kier alpha value is -1.07. The van der Waals surface area contributed by atoms with Crippen molar-refractivity contribution in [2.24, 2.45) is 5.92 Å². The van der Waals surface area contributed by atoms with Gasteiger partial charge < -0.3 is 4.90 Å². The number of rotatable bonds is 5. The molecule has 1 aliphatic rings. The monoisotopic (exact) mass is 251 g/mol. The van der Waals surface area contributed by atoms with E-state index < -0.39 is 36.9 Å². The van der Waals surface area contributed by atoms with Gasteiger partial charge in [-0.2, -0.15) is 13.2 Å². The van der Waals surface area contributed by atoms with Gasteiger partial charge in [0.25, 0.3) is 0 Å². The summed E-state index contributed by atoms with van der Waals surface area (Å²) in [5, 5.41) is 0. The van der Waals surface area contributed by atoms with Gasteiger partial charge in [-0.05, 0) is 32.6 Å². The first-order valence-electron chi connectivity index (χ1n) is 5.56. The second-order valence-corrected chi connectivity index (χ2v) is 4.59. The number of hydrogen-bond donors (Lipinski definition) is 0. The maximum absolute atomic E-state index is 12.4. The molecule has 1 atom stereocenters. The standard InChI is InChI=1S/C11H16F3NO2/c1-7(16)5-10(17)15(6-11(12,13)14)8(2)9-3-4-9/h8-9H,3-6H2,1-2H3. The molecule has 98 valence electrons. The fraction of sp³-hybridized carbons (Fsp3) is 0.818. The van der Waals surface area contributed by atoms with Gasteiger partial charge in [0.1, 0.15) is 12.3 Å². The van der Waals surface area contributed by atoms with Gasteiger partial charge in [0.2, 0.25) is 5.91 Å². The number of hydrogen-bond acceptors (Lipinski definition) is 2. The molecule has 1 amide bonds. The van der Waals surface area contributed by atoms with E-state index in [1.54, 1.807) is 6.92 Å². The van der Waals surface area contributed by atoms with Gasteiger partial charge in [-0.25, -0.2) is 0 Å². The molecule has 0 aromatic heterocycles. The largest absolute Gasteiger partial charge is 0.406 e. The molecule has 1 unspecified atom stereocenters. The Labute approximate surface area is 98.0 Å². The summed E-state index contributed by atoms with van der Waals surface area (Å²) in [7, 11) is 0. The van der Waals surface area contributed by atoms with Gasteiger partial charge in [0, 0.05) is 6.04 Å². The molecule has 0 N–H and O–H groups in total. The van der Waals surface area contributed by atoms with E-state index in [2.05, 4.69) is 0 Å². The molecule has 0 aromatic carbocycles. The number of alkyl halides is 3. The molecule has 1 rings (SSSR count). The molecule has 1 aliphatic carbocycles. The summed E-state index contributed by atoms with van der Waals surface area (Å²) < 4.78 is 37.1. The molecule has 3 nitrogen and oxygen atoms in total. The normalized spacial score (nSPS) is 17.7. The first kappa shape index (κ1) is 14.0. The van der Waals surface area contributed by atoms with Gasteiger partial charge in [0.15, 0.2) is 0 Å². The van der Waals surface area contributed by atoms with E-state index >= 15 is 0 Å². The van der Waals surface area contributed by atoms with Gasteiger partial charge in [-0.1, -0.05) is 0 Å². The molecule has 0 radical (unpaired) electrons. The van der Waals surface area contributed by atoms with Crippen LogP contribution in [0, 0.1) is 5.92 Å². The average Bonchev–Trinajstić information content (AvgIpc) is 2.93. The third-order valence-electron chi connectivity index (χ3n) is 2.87. The Kier molecular flexibility index (Phi) is 4.16. The molecule has 0 heterocycles. The lowest BCUT2D eigenvalue weighted by molar-refractivity contribution is -0.166. The minimum atomic E-state index is -4.42. The third kappa shape index (κ3) is 4.75. The van der Waals surface area contributed by atoms with Gasteiger partial charge in [-0.15, -0.1) is 0 Å². The maximum atomic E-state index is 12.4. The van der Waals surface area contributed by atoms with E-state index in [1.165, 1.54) is 6.92 Å². The number of carbonyl (C=O) groups excluding carboxylic acids is 2. The summed E-state index contributed by atoms with van der Waals surface area (Å²) in [5.74, 6) is -0.993. The highest BCUT2D eigenvalue weighted by atomic mass is 19.4. The maximum Gasteiger partial charge on any atom is 0.406 e. The summed E-state index contributed by atoms with van der Waals surface area (Å²) in [6, 6.07) is -0.441. The summed E-state index contributed by atoms with van der Waals surface area (Å²) in [4.78, 5) is 23.2. The van der Waals surface area contributed by atoms with Crippen LogP contribution < -0.4 is 0 Å². The number of halogens is 3. The third-order valence-corrected chi connectivity index (χ3v) is 2.87. The summed E-state index contributed by atoms with van der Waals surface area (Å²) in [6.07, 6.45) is -3.17. The van der Waals surface area contributed by atoms with E-state index in [0.29, 0.717) is 0 Å². The molecule has 1 fully saturated rings. The number of ketones is 1. The van der Waals surface area contributed by atoms with E-state index in [4.69, 9.17) is 0 Å². The van der Waals surface area contributed by atoms with E-state index in [1.807, 2.05) is 0 Å². The minimum absolute atomic E-state index is 0.147. The van der Waals surface area contributed by atoms with Crippen molar-refractivity contribution in [2.45, 2.75) is 45.3 Å². The zero-order valence-electron chi connectivity index (χ0n) is 9.88. The fourth-order valence-corrected chi connectivity index (χ4v) is 1.80. The summed E-state index contributed by atoms with van der Waals surface area (Å²) >= 11 is 0. The minimum Gasteiger partial charge on any atom is -0.330 e. The Bertz CT molecular complexity index is 310. The van der Waals surface area contributed by atoms with Crippen molar-refractivity contribution < 1.29 is 22.8 Å². The SMILES string of the molecule is CC(=O)CC(=O)N(CC(F)(F)F)C(C)C1CC1. The Morgan fingerprint density at radius 2 is 1.88 bits per heavy atom. The van der Waals surface area contributed by atoms with Crippen molar-refractivity contribution in [3.63, 3.8) is 0 Å². The molecule has 0 bridgehead atoms. The molecular formula is C11H16F3NO2. The van der Waals surface area contributed by atoms with Crippen LogP contribution in [0.15, 0.2) is 0 Å². The predicted octanol–water partition coefficient (Wildman–Crippen LogP) is 2.15. The predicted molar refractivity (Wildman–Crippen MR) is 55.3 cm³/mol. The first-order chi connectivity index (χ1) is 7.70. The highest BCUT2D eigenvalue weighted by molar-refractivity contribution is 5.96. The van der Waals surface area contributed by atoms with Crippen molar-refractivity contribution in [3.8, 4) is 0 Å². The van der Waals surface area contributed by atoms with Crippen LogP contribution in [-0.4, -0.2) is 35.4 Å². The topological polar surface area (TPSA) is 37.4 Å². The molecule has 0 aliphatic heterocycles. The fourth-order valence-electron chi connectivity index (χ4n) is 1.80. The van der Waals surface area contributed by atoms with Crippen LogP contribution in [0.5, 0.6) is 0 Å². The molecule has 0 spiro atoms. The molecule has 1 saturated carbocycles. The number of Topliss-reactive ketones (excluding diaryl/α,β-unsaturated/α-hetero) is 1. The van der Waals surface area contributed by atoms with Crippen LogP contribution in [0.3, 0.4) is 0 Å². The number of nitrogens with zero attached hydrogens (tertiary/aromatic N) is 1. The molecule has 0 saturated heterocycles. The van der Waals surface area contributed by atoms with Crippen LogP contribution in [0.25, 0.3) is 0 Å². The lowest BCUT2D eigenvalue weighted by Crippen LogP contribution is -2.45. The molecule has 0 aromatic rings. The number of amides is 1. The van der Waals surface area contributed by atoms with Crippen molar-refractivity contribution in [2.75, 3.05) is 6.54 Å². The van der Waals surface area contributed by atoms with Gasteiger partial charge >= 0.3 is 6.18 Å². The van der Waals surface area contributed by atoms with E-state index in [9.17, 15) is 22.8 Å². The van der Waals surface area contributed by atoms with E-state index in [0.717, 1.165) is 17.7 Å². The summed E-state index contributed by atoms with van der Waals surface area (Å²) in [6.45, 7) is 1.55. The van der Waals surface area contributed by atoms with Crippen molar-refractivity contribution in [1.29, 1.82) is 0 Å².